The van der Waals surface area contributed by atoms with Gasteiger partial charge in [-0.1, -0.05) is 0 Å². The van der Waals surface area contributed by atoms with Crippen LogP contribution < -0.4 is 5.32 Å². The number of amides is 1. The molecule has 0 unspecified atom stereocenters. The topological polar surface area (TPSA) is 82.3 Å². The first-order valence-corrected chi connectivity index (χ1v) is 6.32. The van der Waals surface area contributed by atoms with Crippen molar-refractivity contribution in [3.8, 4) is 6.07 Å². The van der Waals surface area contributed by atoms with Crippen molar-refractivity contribution in [2.75, 3.05) is 6.61 Å². The minimum atomic E-state index is -0.589. The molecule has 0 aliphatic heterocycles. The Morgan fingerprint density at radius 3 is 2.78 bits per heavy atom. The maximum Gasteiger partial charge on any atom is 0.408 e. The van der Waals surface area contributed by atoms with Gasteiger partial charge in [0.25, 0.3) is 0 Å². The molecule has 98 valence electrons. The number of hydrogen-bond acceptors (Lipinski definition) is 5. The van der Waals surface area contributed by atoms with Gasteiger partial charge in [0.15, 0.2) is 0 Å². The van der Waals surface area contributed by atoms with Crippen molar-refractivity contribution >= 4 is 17.4 Å². The third kappa shape index (κ3) is 4.35. The van der Waals surface area contributed by atoms with E-state index in [0.717, 1.165) is 4.88 Å². The summed E-state index contributed by atoms with van der Waals surface area (Å²) in [6.45, 7) is 5.04. The highest BCUT2D eigenvalue weighted by Crippen LogP contribution is 2.22. The van der Waals surface area contributed by atoms with Crippen LogP contribution >= 0.6 is 11.3 Å². The first kappa shape index (κ1) is 14.5. The molecule has 1 heterocycles. The van der Waals surface area contributed by atoms with Gasteiger partial charge in [0, 0.05) is 10.3 Å². The Morgan fingerprint density at radius 2 is 2.33 bits per heavy atom. The highest BCUT2D eigenvalue weighted by Gasteiger charge is 2.21. The molecule has 1 aromatic rings. The van der Waals surface area contributed by atoms with Crippen molar-refractivity contribution in [1.82, 2.24) is 5.32 Å². The van der Waals surface area contributed by atoms with Gasteiger partial charge in [-0.25, -0.2) is 4.79 Å². The molecule has 5 nitrogen and oxygen atoms in total. The van der Waals surface area contributed by atoms with Crippen LogP contribution in [0.2, 0.25) is 0 Å². The van der Waals surface area contributed by atoms with Gasteiger partial charge < -0.3 is 15.2 Å². The van der Waals surface area contributed by atoms with E-state index in [4.69, 9.17) is 10.00 Å². The monoisotopic (exact) mass is 268 g/mol. The predicted octanol–water partition coefficient (Wildman–Crippen LogP) is 2.18. The van der Waals surface area contributed by atoms with E-state index in [2.05, 4.69) is 5.32 Å². The van der Waals surface area contributed by atoms with Crippen LogP contribution in [0.3, 0.4) is 0 Å². The van der Waals surface area contributed by atoms with E-state index >= 15 is 0 Å². The lowest BCUT2D eigenvalue weighted by Gasteiger charge is -2.22. The fourth-order valence-corrected chi connectivity index (χ4v) is 2.13. The summed E-state index contributed by atoms with van der Waals surface area (Å²) in [4.78, 5) is 12.3. The Hall–Kier alpha value is -1.58. The molecule has 0 spiro atoms. The minimum Gasteiger partial charge on any atom is -0.444 e. The van der Waals surface area contributed by atoms with Gasteiger partial charge in [0.05, 0.1) is 18.2 Å². The predicted molar refractivity (Wildman–Crippen MR) is 68.2 cm³/mol. The second-order valence-electron chi connectivity index (χ2n) is 4.73. The number of thiophene rings is 1. The number of carbonyl (C=O) groups is 1. The summed E-state index contributed by atoms with van der Waals surface area (Å²) in [6.07, 6.45) is -0.589. The fraction of sp³-hybridized carbons (Fsp3) is 0.500. The van der Waals surface area contributed by atoms with Crippen LogP contribution in [0, 0.1) is 11.3 Å². The third-order valence-corrected chi connectivity index (χ3v) is 3.01. The molecular formula is C12H16N2O3S. The van der Waals surface area contributed by atoms with Crippen LogP contribution in [0.5, 0.6) is 0 Å². The summed E-state index contributed by atoms with van der Waals surface area (Å²) in [7, 11) is 0. The van der Waals surface area contributed by atoms with Crippen molar-refractivity contribution < 1.29 is 14.6 Å². The SMILES string of the molecule is CC(C)(C)OC(=O)N[C@H](CO)c1cc(C#N)cs1. The number of carbonyl (C=O) groups excluding carboxylic acids is 1. The highest BCUT2D eigenvalue weighted by atomic mass is 32.1. The van der Waals surface area contributed by atoms with Crippen LogP contribution in [0.15, 0.2) is 11.4 Å². The molecule has 0 fully saturated rings. The van der Waals surface area contributed by atoms with E-state index in [9.17, 15) is 9.90 Å². The molecule has 1 amide bonds. The molecule has 0 aliphatic carbocycles. The Kier molecular flexibility index (Phi) is 4.70. The van der Waals surface area contributed by atoms with Gasteiger partial charge in [-0.05, 0) is 26.8 Å². The normalized spacial score (nSPS) is 12.6. The maximum atomic E-state index is 11.6. The van der Waals surface area contributed by atoms with Crippen LogP contribution in [-0.4, -0.2) is 23.4 Å². The molecule has 2 N–H and O–H groups in total. The summed E-state index contributed by atoms with van der Waals surface area (Å²) >= 11 is 1.31. The number of nitriles is 1. The maximum absolute atomic E-state index is 11.6. The smallest absolute Gasteiger partial charge is 0.408 e. The number of aliphatic hydroxyl groups is 1. The molecule has 1 rings (SSSR count). The van der Waals surface area contributed by atoms with Gasteiger partial charge in [0.1, 0.15) is 11.7 Å². The average molecular weight is 268 g/mol. The lowest BCUT2D eigenvalue weighted by molar-refractivity contribution is 0.0483. The lowest BCUT2D eigenvalue weighted by Crippen LogP contribution is -2.35. The van der Waals surface area contributed by atoms with E-state index < -0.39 is 17.7 Å². The molecule has 0 radical (unpaired) electrons. The zero-order valence-electron chi connectivity index (χ0n) is 10.6. The second-order valence-corrected chi connectivity index (χ2v) is 5.67. The minimum absolute atomic E-state index is 0.245. The second kappa shape index (κ2) is 5.85. The van der Waals surface area contributed by atoms with Crippen molar-refractivity contribution in [3.63, 3.8) is 0 Å². The standard InChI is InChI=1S/C12H16N2O3S/c1-12(2,3)17-11(16)14-9(6-15)10-4-8(5-13)7-18-10/h4,7,9,15H,6H2,1-3H3,(H,14,16)/t9-/m1/s1. The summed E-state index contributed by atoms with van der Waals surface area (Å²) in [5.41, 5.74) is -0.0726. The number of nitrogens with one attached hydrogen (secondary N) is 1. The highest BCUT2D eigenvalue weighted by molar-refractivity contribution is 7.10. The first-order valence-electron chi connectivity index (χ1n) is 5.44. The number of ether oxygens (including phenoxy) is 1. The Balaban J connectivity index is 2.68. The van der Waals surface area contributed by atoms with Crippen LogP contribution in [0.25, 0.3) is 0 Å². The zero-order chi connectivity index (χ0) is 13.8. The van der Waals surface area contributed by atoms with E-state index in [1.165, 1.54) is 11.3 Å². The molecule has 0 saturated carbocycles. The molecule has 0 aromatic carbocycles. The average Bonchev–Trinajstić information content (AvgIpc) is 2.71. The molecule has 18 heavy (non-hydrogen) atoms. The van der Waals surface area contributed by atoms with Gasteiger partial charge in [-0.15, -0.1) is 11.3 Å². The third-order valence-electron chi connectivity index (χ3n) is 1.97. The van der Waals surface area contributed by atoms with Crippen molar-refractivity contribution in [2.45, 2.75) is 32.4 Å². The Bertz CT molecular complexity index is 457. The number of alkyl carbamates (subject to hydrolysis) is 1. The van der Waals surface area contributed by atoms with Crippen LogP contribution in [-0.2, 0) is 4.74 Å². The van der Waals surface area contributed by atoms with Gasteiger partial charge in [0.2, 0.25) is 0 Å². The van der Waals surface area contributed by atoms with E-state index in [-0.39, 0.29) is 6.61 Å². The summed E-state index contributed by atoms with van der Waals surface area (Å²) in [6, 6.07) is 3.10. The van der Waals surface area contributed by atoms with Gasteiger partial charge in [-0.3, -0.25) is 0 Å². The molecule has 6 heteroatoms. The van der Waals surface area contributed by atoms with Crippen molar-refractivity contribution in [2.24, 2.45) is 0 Å². The summed E-state index contributed by atoms with van der Waals surface area (Å²) in [5, 5.41) is 22.2. The molecular weight excluding hydrogens is 252 g/mol. The van der Waals surface area contributed by atoms with Gasteiger partial charge >= 0.3 is 6.09 Å². The number of hydrogen-bond donors (Lipinski definition) is 2. The molecule has 0 bridgehead atoms. The van der Waals surface area contributed by atoms with Crippen molar-refractivity contribution in [1.29, 1.82) is 5.26 Å². The quantitative estimate of drug-likeness (QED) is 0.880. The Morgan fingerprint density at radius 1 is 1.67 bits per heavy atom. The number of rotatable bonds is 3. The summed E-state index contributed by atoms with van der Waals surface area (Å²) < 4.78 is 5.10. The van der Waals surface area contributed by atoms with Crippen LogP contribution in [0.1, 0.15) is 37.3 Å². The van der Waals surface area contributed by atoms with E-state index in [1.54, 1.807) is 32.2 Å². The number of aliphatic hydroxyl groups excluding tert-OH is 1. The molecule has 0 saturated heterocycles. The van der Waals surface area contributed by atoms with E-state index in [0.29, 0.717) is 5.56 Å². The molecule has 1 aromatic heterocycles. The largest absolute Gasteiger partial charge is 0.444 e. The number of nitrogens with zero attached hydrogens (tertiary/aromatic N) is 1. The zero-order valence-corrected chi connectivity index (χ0v) is 11.4. The molecule has 1 atom stereocenters. The Labute approximate surface area is 110 Å². The lowest BCUT2D eigenvalue weighted by atomic mass is 10.2. The fourth-order valence-electron chi connectivity index (χ4n) is 1.25. The first-order chi connectivity index (χ1) is 8.35. The van der Waals surface area contributed by atoms with E-state index in [1.807, 2.05) is 6.07 Å². The van der Waals surface area contributed by atoms with Gasteiger partial charge in [-0.2, -0.15) is 5.26 Å². The molecule has 0 aliphatic rings. The van der Waals surface area contributed by atoms with Crippen LogP contribution in [0.4, 0.5) is 4.79 Å². The van der Waals surface area contributed by atoms with Crippen molar-refractivity contribution in [3.05, 3.63) is 21.9 Å². The summed E-state index contributed by atoms with van der Waals surface area (Å²) in [5.74, 6) is 0.